The van der Waals surface area contributed by atoms with Crippen LogP contribution in [0.15, 0.2) is 18.3 Å². The highest BCUT2D eigenvalue weighted by atomic mass is 32.2. The van der Waals surface area contributed by atoms with E-state index in [1.54, 1.807) is 6.20 Å². The van der Waals surface area contributed by atoms with Crippen molar-refractivity contribution in [1.82, 2.24) is 4.98 Å². The summed E-state index contributed by atoms with van der Waals surface area (Å²) in [6.45, 7) is 2.76. The number of aryl methyl sites for hydroxylation is 1. The van der Waals surface area contributed by atoms with Crippen LogP contribution in [0.5, 0.6) is 0 Å². The summed E-state index contributed by atoms with van der Waals surface area (Å²) < 4.78 is 6.11. The molecule has 1 N–H and O–H groups in total. The Morgan fingerprint density at radius 1 is 1.45 bits per heavy atom. The van der Waals surface area contributed by atoms with E-state index in [1.165, 1.54) is 11.5 Å². The van der Waals surface area contributed by atoms with Gasteiger partial charge in [-0.05, 0) is 67.7 Å². The van der Waals surface area contributed by atoms with Gasteiger partial charge in [-0.3, -0.25) is 4.98 Å². The summed E-state index contributed by atoms with van der Waals surface area (Å²) in [5.74, 6) is 2.70. The van der Waals surface area contributed by atoms with Crippen LogP contribution in [0, 0.1) is 12.8 Å². The number of pyridine rings is 1. The van der Waals surface area contributed by atoms with Gasteiger partial charge in [0.15, 0.2) is 0 Å². The van der Waals surface area contributed by atoms with Gasteiger partial charge in [-0.2, -0.15) is 11.8 Å². The SMILES string of the molecule is Cc1cc(C(O)C2CCOC3(CCSCC3)C2)ccn1. The second-order valence-corrected chi connectivity index (χ2v) is 7.30. The van der Waals surface area contributed by atoms with Crippen molar-refractivity contribution in [3.63, 3.8) is 0 Å². The molecule has 0 aliphatic carbocycles. The van der Waals surface area contributed by atoms with Crippen LogP contribution < -0.4 is 0 Å². The van der Waals surface area contributed by atoms with Crippen LogP contribution in [0.2, 0.25) is 0 Å². The minimum Gasteiger partial charge on any atom is -0.388 e. The summed E-state index contributed by atoms with van der Waals surface area (Å²) in [5.41, 5.74) is 2.01. The van der Waals surface area contributed by atoms with Gasteiger partial charge >= 0.3 is 0 Å². The molecule has 4 heteroatoms. The van der Waals surface area contributed by atoms with Crippen LogP contribution in [0.3, 0.4) is 0 Å². The Morgan fingerprint density at radius 3 is 3.00 bits per heavy atom. The van der Waals surface area contributed by atoms with Gasteiger partial charge in [0.05, 0.1) is 11.7 Å². The average molecular weight is 293 g/mol. The lowest BCUT2D eigenvalue weighted by molar-refractivity contribution is -0.121. The molecule has 0 amide bonds. The van der Waals surface area contributed by atoms with E-state index in [9.17, 15) is 5.11 Å². The first kappa shape index (κ1) is 14.4. The molecule has 0 aromatic carbocycles. The Labute approximate surface area is 125 Å². The van der Waals surface area contributed by atoms with Crippen LogP contribution >= 0.6 is 11.8 Å². The van der Waals surface area contributed by atoms with Crippen molar-refractivity contribution in [1.29, 1.82) is 0 Å². The number of rotatable bonds is 2. The van der Waals surface area contributed by atoms with E-state index in [2.05, 4.69) is 4.98 Å². The molecule has 0 bridgehead atoms. The first-order valence-electron chi connectivity index (χ1n) is 7.51. The molecule has 2 saturated heterocycles. The lowest BCUT2D eigenvalue weighted by Crippen LogP contribution is -2.44. The monoisotopic (exact) mass is 293 g/mol. The van der Waals surface area contributed by atoms with Crippen molar-refractivity contribution in [2.75, 3.05) is 18.1 Å². The number of ether oxygens (including phenoxy) is 1. The fraction of sp³-hybridized carbons (Fsp3) is 0.688. The summed E-state index contributed by atoms with van der Waals surface area (Å²) in [6, 6.07) is 3.94. The van der Waals surface area contributed by atoms with E-state index in [4.69, 9.17) is 4.74 Å². The van der Waals surface area contributed by atoms with Crippen molar-refractivity contribution in [2.24, 2.45) is 5.92 Å². The fourth-order valence-corrected chi connectivity index (χ4v) is 4.69. The van der Waals surface area contributed by atoms with Crippen LogP contribution in [0.25, 0.3) is 0 Å². The van der Waals surface area contributed by atoms with Crippen molar-refractivity contribution >= 4 is 11.8 Å². The van der Waals surface area contributed by atoms with E-state index in [-0.39, 0.29) is 11.7 Å². The van der Waals surface area contributed by atoms with Gasteiger partial charge in [-0.15, -0.1) is 0 Å². The first-order chi connectivity index (χ1) is 9.69. The number of hydrogen-bond donors (Lipinski definition) is 1. The Bertz CT molecular complexity index is 454. The number of nitrogens with zero attached hydrogens (tertiary/aromatic N) is 1. The highest BCUT2D eigenvalue weighted by Gasteiger charge is 2.40. The van der Waals surface area contributed by atoms with Crippen molar-refractivity contribution in [2.45, 2.75) is 44.3 Å². The normalized spacial score (nSPS) is 27.4. The number of aliphatic hydroxyl groups is 1. The predicted octanol–water partition coefficient (Wildman–Crippen LogP) is 3.12. The molecule has 110 valence electrons. The number of hydrogen-bond acceptors (Lipinski definition) is 4. The molecule has 1 aromatic rings. The molecule has 2 aliphatic heterocycles. The molecule has 3 nitrogen and oxygen atoms in total. The second kappa shape index (κ2) is 6.04. The largest absolute Gasteiger partial charge is 0.388 e. The third-order valence-corrected chi connectivity index (χ3v) is 5.63. The van der Waals surface area contributed by atoms with E-state index in [1.807, 2.05) is 30.8 Å². The smallest absolute Gasteiger partial charge is 0.0821 e. The topological polar surface area (TPSA) is 42.4 Å². The van der Waals surface area contributed by atoms with E-state index < -0.39 is 0 Å². The van der Waals surface area contributed by atoms with Gasteiger partial charge in [0.1, 0.15) is 0 Å². The summed E-state index contributed by atoms with van der Waals surface area (Å²) in [7, 11) is 0. The summed E-state index contributed by atoms with van der Waals surface area (Å²) in [6.07, 6.45) is 5.63. The maximum absolute atomic E-state index is 10.7. The lowest BCUT2D eigenvalue weighted by atomic mass is 9.78. The standard InChI is InChI=1S/C16H23NO2S/c1-12-10-13(2-6-17-12)15(18)14-3-7-19-16(11-14)4-8-20-9-5-16/h2,6,10,14-15,18H,3-5,7-9,11H2,1H3. The van der Waals surface area contributed by atoms with Gasteiger partial charge in [0, 0.05) is 18.5 Å². The molecule has 20 heavy (non-hydrogen) atoms. The maximum atomic E-state index is 10.7. The van der Waals surface area contributed by atoms with Gasteiger partial charge in [0.25, 0.3) is 0 Å². The maximum Gasteiger partial charge on any atom is 0.0821 e. The number of thioether (sulfide) groups is 1. The van der Waals surface area contributed by atoms with Crippen LogP contribution in [0.4, 0.5) is 0 Å². The Morgan fingerprint density at radius 2 is 2.25 bits per heavy atom. The summed E-state index contributed by atoms with van der Waals surface area (Å²) >= 11 is 2.02. The Balaban J connectivity index is 1.73. The fourth-order valence-electron chi connectivity index (χ4n) is 3.45. The third-order valence-electron chi connectivity index (χ3n) is 4.64. The van der Waals surface area contributed by atoms with Crippen LogP contribution in [-0.4, -0.2) is 33.8 Å². The highest BCUT2D eigenvalue weighted by molar-refractivity contribution is 7.99. The number of aliphatic hydroxyl groups excluding tert-OH is 1. The quantitative estimate of drug-likeness (QED) is 0.910. The van der Waals surface area contributed by atoms with E-state index in [0.717, 1.165) is 43.5 Å². The minimum atomic E-state index is -0.382. The summed E-state index contributed by atoms with van der Waals surface area (Å²) in [5, 5.41) is 10.7. The zero-order chi connectivity index (χ0) is 14.0. The Hall–Kier alpha value is -0.580. The molecule has 2 aliphatic rings. The average Bonchev–Trinajstić information content (AvgIpc) is 2.47. The van der Waals surface area contributed by atoms with E-state index >= 15 is 0 Å². The van der Waals surface area contributed by atoms with Crippen molar-refractivity contribution in [3.05, 3.63) is 29.6 Å². The molecule has 3 heterocycles. The second-order valence-electron chi connectivity index (χ2n) is 6.07. The molecule has 2 atom stereocenters. The van der Waals surface area contributed by atoms with E-state index in [0.29, 0.717) is 5.92 Å². The Kier molecular flexibility index (Phi) is 4.34. The van der Waals surface area contributed by atoms with Gasteiger partial charge in [-0.1, -0.05) is 0 Å². The van der Waals surface area contributed by atoms with Crippen molar-refractivity contribution in [3.8, 4) is 0 Å². The predicted molar refractivity (Wildman–Crippen MR) is 81.9 cm³/mol. The van der Waals surface area contributed by atoms with Gasteiger partial charge in [0.2, 0.25) is 0 Å². The van der Waals surface area contributed by atoms with Crippen LogP contribution in [-0.2, 0) is 4.74 Å². The third kappa shape index (κ3) is 3.02. The molecule has 3 rings (SSSR count). The molecule has 1 aromatic heterocycles. The highest BCUT2D eigenvalue weighted by Crippen LogP contribution is 2.43. The summed E-state index contributed by atoms with van der Waals surface area (Å²) in [4.78, 5) is 4.21. The molecular formula is C16H23NO2S. The van der Waals surface area contributed by atoms with Crippen LogP contribution in [0.1, 0.15) is 43.0 Å². The van der Waals surface area contributed by atoms with Gasteiger partial charge < -0.3 is 9.84 Å². The minimum absolute atomic E-state index is 0.0389. The lowest BCUT2D eigenvalue weighted by Gasteiger charge is -2.44. The molecule has 0 saturated carbocycles. The molecule has 0 radical (unpaired) electrons. The molecule has 2 fully saturated rings. The molecule has 1 spiro atoms. The molecule has 2 unspecified atom stereocenters. The number of aromatic nitrogens is 1. The van der Waals surface area contributed by atoms with Crippen molar-refractivity contribution < 1.29 is 9.84 Å². The zero-order valence-electron chi connectivity index (χ0n) is 12.0. The van der Waals surface area contributed by atoms with Gasteiger partial charge in [-0.25, -0.2) is 0 Å². The molecular weight excluding hydrogens is 270 g/mol. The first-order valence-corrected chi connectivity index (χ1v) is 8.66. The zero-order valence-corrected chi connectivity index (χ0v) is 12.9.